The minimum Gasteiger partial charge on any atom is -0.342 e. The molecule has 0 spiro atoms. The summed E-state index contributed by atoms with van der Waals surface area (Å²) in [4.78, 5) is 0. The number of fused-ring (bicyclic) bond motifs is 3. The van der Waals surface area contributed by atoms with Crippen LogP contribution in [0.15, 0.2) is 18.2 Å². The minimum absolute atomic E-state index is 0.159. The van der Waals surface area contributed by atoms with Crippen molar-refractivity contribution in [1.82, 2.24) is 4.57 Å². The van der Waals surface area contributed by atoms with E-state index in [1.165, 1.54) is 35.0 Å². The molecule has 3 heteroatoms. The molecule has 0 unspecified atom stereocenters. The van der Waals surface area contributed by atoms with Crippen LogP contribution in [0.25, 0.3) is 10.9 Å². The van der Waals surface area contributed by atoms with Gasteiger partial charge >= 0.3 is 0 Å². The Balaban J connectivity index is 2.31. The van der Waals surface area contributed by atoms with Gasteiger partial charge in [0.05, 0.1) is 10.5 Å². The number of hydrogen-bond donors (Lipinski definition) is 1. The Hall–Kier alpha value is -0.990. The summed E-state index contributed by atoms with van der Waals surface area (Å²) in [6, 6.07) is 6.35. The zero-order chi connectivity index (χ0) is 12.0. The zero-order valence-electron chi connectivity index (χ0n) is 10.0. The average molecular weight is 249 g/mol. The molecular weight excluding hydrogens is 232 g/mol. The summed E-state index contributed by atoms with van der Waals surface area (Å²) in [7, 11) is 0. The highest BCUT2D eigenvalue weighted by molar-refractivity contribution is 6.35. The Labute approximate surface area is 106 Å². The summed E-state index contributed by atoms with van der Waals surface area (Å²) in [5.74, 6) is 0. The fraction of sp³-hybridized carbons (Fsp3) is 0.429. The largest absolute Gasteiger partial charge is 0.342 e. The average Bonchev–Trinajstić information content (AvgIpc) is 2.82. The number of para-hydroxylation sites is 1. The maximum Gasteiger partial charge on any atom is 0.0675 e. The fourth-order valence-electron chi connectivity index (χ4n) is 2.97. The smallest absolute Gasteiger partial charge is 0.0675 e. The molecule has 0 amide bonds. The highest BCUT2D eigenvalue weighted by Gasteiger charge is 2.22. The molecule has 2 aromatic rings. The predicted molar refractivity (Wildman–Crippen MR) is 72.6 cm³/mol. The van der Waals surface area contributed by atoms with Gasteiger partial charge in [-0.1, -0.05) is 23.7 Å². The van der Waals surface area contributed by atoms with Crippen LogP contribution in [0.3, 0.4) is 0 Å². The van der Waals surface area contributed by atoms with Crippen LogP contribution < -0.4 is 5.73 Å². The summed E-state index contributed by atoms with van der Waals surface area (Å²) >= 11 is 6.35. The third-order valence-electron chi connectivity index (χ3n) is 3.57. The van der Waals surface area contributed by atoms with Crippen molar-refractivity contribution in [3.05, 3.63) is 34.5 Å². The SMILES string of the molecule is C[C@H](N)Cn1c2c(c3cccc(Cl)c31)CCC2. The molecule has 0 aliphatic heterocycles. The summed E-state index contributed by atoms with van der Waals surface area (Å²) in [6.45, 7) is 2.90. The molecule has 0 saturated carbocycles. The molecule has 3 rings (SSSR count). The summed E-state index contributed by atoms with van der Waals surface area (Å²) in [6.07, 6.45) is 3.59. The van der Waals surface area contributed by atoms with Crippen molar-refractivity contribution in [2.24, 2.45) is 5.73 Å². The second-order valence-electron chi connectivity index (χ2n) is 5.00. The van der Waals surface area contributed by atoms with E-state index in [9.17, 15) is 0 Å². The van der Waals surface area contributed by atoms with Gasteiger partial charge in [0.1, 0.15) is 0 Å². The van der Waals surface area contributed by atoms with Gasteiger partial charge in [0.15, 0.2) is 0 Å². The monoisotopic (exact) mass is 248 g/mol. The van der Waals surface area contributed by atoms with Crippen LogP contribution in [0.1, 0.15) is 24.6 Å². The number of nitrogens with two attached hydrogens (primary N) is 1. The van der Waals surface area contributed by atoms with Crippen molar-refractivity contribution < 1.29 is 0 Å². The molecular formula is C14H17ClN2. The van der Waals surface area contributed by atoms with Crippen molar-refractivity contribution >= 4 is 22.5 Å². The first-order valence-electron chi connectivity index (χ1n) is 6.22. The highest BCUT2D eigenvalue weighted by Crippen LogP contribution is 2.36. The van der Waals surface area contributed by atoms with Gasteiger partial charge in [-0.25, -0.2) is 0 Å². The fourth-order valence-corrected chi connectivity index (χ4v) is 3.25. The van der Waals surface area contributed by atoms with Gasteiger partial charge in [-0.05, 0) is 37.8 Å². The minimum atomic E-state index is 0.159. The highest BCUT2D eigenvalue weighted by atomic mass is 35.5. The van der Waals surface area contributed by atoms with E-state index in [1.54, 1.807) is 0 Å². The molecule has 2 N–H and O–H groups in total. The topological polar surface area (TPSA) is 30.9 Å². The van der Waals surface area contributed by atoms with Crippen LogP contribution in [0.2, 0.25) is 5.02 Å². The Morgan fingerprint density at radius 1 is 1.41 bits per heavy atom. The summed E-state index contributed by atoms with van der Waals surface area (Å²) in [5, 5.41) is 2.17. The molecule has 0 fully saturated rings. The number of hydrogen-bond acceptors (Lipinski definition) is 1. The van der Waals surface area contributed by atoms with Gasteiger partial charge in [0, 0.05) is 23.7 Å². The van der Waals surface area contributed by atoms with Gasteiger partial charge in [-0.15, -0.1) is 0 Å². The zero-order valence-corrected chi connectivity index (χ0v) is 10.8. The number of benzene rings is 1. The molecule has 2 nitrogen and oxygen atoms in total. The molecule has 0 bridgehead atoms. The standard InChI is InChI=1S/C14H17ClN2/c1-9(16)8-17-13-7-3-4-10(13)11-5-2-6-12(15)14(11)17/h2,5-6,9H,3-4,7-8,16H2,1H3/t9-/m0/s1. The van der Waals surface area contributed by atoms with E-state index >= 15 is 0 Å². The number of rotatable bonds is 2. The molecule has 0 saturated heterocycles. The Morgan fingerprint density at radius 3 is 3.00 bits per heavy atom. The van der Waals surface area contributed by atoms with Crippen molar-refractivity contribution in [3.63, 3.8) is 0 Å². The van der Waals surface area contributed by atoms with Crippen LogP contribution in [-0.4, -0.2) is 10.6 Å². The van der Waals surface area contributed by atoms with E-state index in [-0.39, 0.29) is 6.04 Å². The van der Waals surface area contributed by atoms with E-state index in [2.05, 4.69) is 10.6 Å². The van der Waals surface area contributed by atoms with E-state index in [0.717, 1.165) is 18.0 Å². The molecule has 1 aromatic carbocycles. The van der Waals surface area contributed by atoms with Crippen LogP contribution in [0.4, 0.5) is 0 Å². The van der Waals surface area contributed by atoms with Crippen molar-refractivity contribution in [2.45, 2.75) is 38.8 Å². The quantitative estimate of drug-likeness (QED) is 0.870. The first-order valence-corrected chi connectivity index (χ1v) is 6.60. The van der Waals surface area contributed by atoms with E-state index in [4.69, 9.17) is 17.3 Å². The maximum atomic E-state index is 6.35. The number of halogens is 1. The number of aromatic nitrogens is 1. The van der Waals surface area contributed by atoms with Crippen LogP contribution in [0.5, 0.6) is 0 Å². The number of nitrogens with zero attached hydrogens (tertiary/aromatic N) is 1. The maximum absolute atomic E-state index is 6.35. The normalized spacial score (nSPS) is 16.4. The van der Waals surface area contributed by atoms with Crippen molar-refractivity contribution in [1.29, 1.82) is 0 Å². The second kappa shape index (κ2) is 4.04. The van der Waals surface area contributed by atoms with Gasteiger partial charge < -0.3 is 10.3 Å². The molecule has 17 heavy (non-hydrogen) atoms. The number of aryl methyl sites for hydroxylation is 1. The van der Waals surface area contributed by atoms with Gasteiger partial charge in [0.25, 0.3) is 0 Å². The van der Waals surface area contributed by atoms with Crippen LogP contribution in [0, 0.1) is 0 Å². The molecule has 1 aliphatic carbocycles. The third-order valence-corrected chi connectivity index (χ3v) is 3.87. The Bertz CT molecular complexity index is 569. The van der Waals surface area contributed by atoms with E-state index in [1.807, 2.05) is 19.1 Å². The van der Waals surface area contributed by atoms with E-state index < -0.39 is 0 Å². The lowest BCUT2D eigenvalue weighted by molar-refractivity contribution is 0.588. The molecule has 1 heterocycles. The van der Waals surface area contributed by atoms with Crippen molar-refractivity contribution in [3.8, 4) is 0 Å². The predicted octanol–water partition coefficient (Wildman–Crippen LogP) is 3.13. The first kappa shape index (κ1) is 11.1. The van der Waals surface area contributed by atoms with Gasteiger partial charge in [-0.2, -0.15) is 0 Å². The summed E-state index contributed by atoms with van der Waals surface area (Å²) < 4.78 is 2.34. The Kier molecular flexibility index (Phi) is 2.64. The van der Waals surface area contributed by atoms with Crippen LogP contribution in [-0.2, 0) is 19.4 Å². The molecule has 0 radical (unpaired) electrons. The van der Waals surface area contributed by atoms with Crippen molar-refractivity contribution in [2.75, 3.05) is 0 Å². The van der Waals surface area contributed by atoms with Gasteiger partial charge in [0.2, 0.25) is 0 Å². The molecule has 90 valence electrons. The van der Waals surface area contributed by atoms with Crippen LogP contribution >= 0.6 is 11.6 Å². The molecule has 1 aliphatic rings. The lowest BCUT2D eigenvalue weighted by atomic mass is 10.1. The first-order chi connectivity index (χ1) is 8.18. The summed E-state index contributed by atoms with van der Waals surface area (Å²) in [5.41, 5.74) is 10.1. The third kappa shape index (κ3) is 1.67. The lowest BCUT2D eigenvalue weighted by Crippen LogP contribution is -2.23. The second-order valence-corrected chi connectivity index (χ2v) is 5.41. The van der Waals surface area contributed by atoms with E-state index in [0.29, 0.717) is 0 Å². The Morgan fingerprint density at radius 2 is 2.24 bits per heavy atom. The molecule has 1 atom stereocenters. The molecule has 1 aromatic heterocycles. The van der Waals surface area contributed by atoms with Gasteiger partial charge in [-0.3, -0.25) is 0 Å². The lowest BCUT2D eigenvalue weighted by Gasteiger charge is -2.12.